The summed E-state index contributed by atoms with van der Waals surface area (Å²) in [5.74, 6) is 1.76. The lowest BCUT2D eigenvalue weighted by Gasteiger charge is -2.03. The lowest BCUT2D eigenvalue weighted by Crippen LogP contribution is -2.11. The summed E-state index contributed by atoms with van der Waals surface area (Å²) in [5.41, 5.74) is 5.90. The molecule has 0 amide bonds. The van der Waals surface area contributed by atoms with Gasteiger partial charge in [-0.15, -0.1) is 0 Å². The molecule has 2 N–H and O–H groups in total. The van der Waals surface area contributed by atoms with Crippen molar-refractivity contribution in [3.63, 3.8) is 0 Å². The molecule has 2 rings (SSSR count). The van der Waals surface area contributed by atoms with E-state index in [1.54, 1.807) is 0 Å². The maximum absolute atomic E-state index is 5.90. The van der Waals surface area contributed by atoms with Gasteiger partial charge in [-0.1, -0.05) is 36.7 Å². The maximum atomic E-state index is 5.90. The van der Waals surface area contributed by atoms with E-state index in [0.29, 0.717) is 11.7 Å². The molecule has 0 aliphatic rings. The Bertz CT molecular complexity index is 470. The van der Waals surface area contributed by atoms with E-state index in [1.165, 1.54) is 0 Å². The number of rotatable bonds is 6. The molecule has 0 aliphatic carbocycles. The highest BCUT2D eigenvalue weighted by molar-refractivity contribution is 5.20. The van der Waals surface area contributed by atoms with Crippen LogP contribution in [0.5, 0.6) is 5.75 Å². The Morgan fingerprint density at radius 3 is 2.83 bits per heavy atom. The minimum atomic E-state index is -0.163. The van der Waals surface area contributed by atoms with Crippen molar-refractivity contribution in [3.8, 4) is 5.75 Å². The van der Waals surface area contributed by atoms with E-state index in [4.69, 9.17) is 15.0 Å². The average Bonchev–Trinajstić information content (AvgIpc) is 2.87. The van der Waals surface area contributed by atoms with E-state index in [0.717, 1.165) is 18.6 Å². The zero-order chi connectivity index (χ0) is 12.8. The Balaban J connectivity index is 1.91. The highest BCUT2D eigenvalue weighted by Gasteiger charge is 2.13. The SMILES string of the molecule is CCCC(N)c1noc(COc2ccccc2)n1. The largest absolute Gasteiger partial charge is 0.484 e. The van der Waals surface area contributed by atoms with Crippen LogP contribution in [-0.2, 0) is 6.61 Å². The summed E-state index contributed by atoms with van der Waals surface area (Å²) in [4.78, 5) is 4.22. The van der Waals surface area contributed by atoms with Gasteiger partial charge in [0.25, 0.3) is 5.89 Å². The van der Waals surface area contributed by atoms with Gasteiger partial charge in [0.15, 0.2) is 12.4 Å². The van der Waals surface area contributed by atoms with Crippen LogP contribution in [0.15, 0.2) is 34.9 Å². The molecule has 0 fully saturated rings. The van der Waals surface area contributed by atoms with Gasteiger partial charge in [0.05, 0.1) is 6.04 Å². The first-order valence-electron chi connectivity index (χ1n) is 6.05. The quantitative estimate of drug-likeness (QED) is 0.848. The van der Waals surface area contributed by atoms with Crippen LogP contribution in [-0.4, -0.2) is 10.1 Å². The maximum Gasteiger partial charge on any atom is 0.264 e. The van der Waals surface area contributed by atoms with Crippen LogP contribution >= 0.6 is 0 Å². The van der Waals surface area contributed by atoms with E-state index in [1.807, 2.05) is 30.3 Å². The third-order valence-corrected chi connectivity index (χ3v) is 2.52. The van der Waals surface area contributed by atoms with Gasteiger partial charge in [-0.2, -0.15) is 4.98 Å². The fourth-order valence-corrected chi connectivity index (χ4v) is 1.58. The molecule has 0 saturated heterocycles. The molecular weight excluding hydrogens is 230 g/mol. The van der Waals surface area contributed by atoms with Crippen LogP contribution < -0.4 is 10.5 Å². The fraction of sp³-hybridized carbons (Fsp3) is 0.385. The van der Waals surface area contributed by atoms with Gasteiger partial charge in [0.2, 0.25) is 0 Å². The molecule has 18 heavy (non-hydrogen) atoms. The van der Waals surface area contributed by atoms with Crippen LogP contribution in [0.25, 0.3) is 0 Å². The van der Waals surface area contributed by atoms with Crippen molar-refractivity contribution < 1.29 is 9.26 Å². The van der Waals surface area contributed by atoms with Gasteiger partial charge >= 0.3 is 0 Å². The van der Waals surface area contributed by atoms with Crippen molar-refractivity contribution in [2.45, 2.75) is 32.4 Å². The van der Waals surface area contributed by atoms with Gasteiger partial charge in [-0.05, 0) is 18.6 Å². The van der Waals surface area contributed by atoms with Crippen molar-refractivity contribution in [2.24, 2.45) is 5.73 Å². The Hall–Kier alpha value is -1.88. The molecule has 1 aromatic carbocycles. The predicted octanol–water partition coefficient (Wildman–Crippen LogP) is 2.45. The number of hydrogen-bond donors (Lipinski definition) is 1. The van der Waals surface area contributed by atoms with Gasteiger partial charge in [0.1, 0.15) is 5.75 Å². The normalized spacial score (nSPS) is 12.3. The number of aromatic nitrogens is 2. The Labute approximate surface area is 106 Å². The van der Waals surface area contributed by atoms with E-state index < -0.39 is 0 Å². The van der Waals surface area contributed by atoms with Crippen LogP contribution in [0.3, 0.4) is 0 Å². The van der Waals surface area contributed by atoms with Crippen LogP contribution in [0.1, 0.15) is 37.5 Å². The first kappa shape index (κ1) is 12.6. The molecule has 2 aromatic rings. The summed E-state index contributed by atoms with van der Waals surface area (Å²) in [6.45, 7) is 2.33. The van der Waals surface area contributed by atoms with Crippen molar-refractivity contribution in [2.75, 3.05) is 0 Å². The molecule has 96 valence electrons. The highest BCUT2D eigenvalue weighted by atomic mass is 16.5. The molecule has 1 heterocycles. The van der Waals surface area contributed by atoms with E-state index in [2.05, 4.69) is 17.1 Å². The van der Waals surface area contributed by atoms with Crippen molar-refractivity contribution in [1.82, 2.24) is 10.1 Å². The highest BCUT2D eigenvalue weighted by Crippen LogP contribution is 2.14. The lowest BCUT2D eigenvalue weighted by atomic mass is 10.2. The standard InChI is InChI=1S/C13H17N3O2/c1-2-6-11(14)13-15-12(18-16-13)9-17-10-7-4-3-5-8-10/h3-5,7-8,11H,2,6,9,14H2,1H3. The Kier molecular flexibility index (Phi) is 4.30. The van der Waals surface area contributed by atoms with E-state index in [9.17, 15) is 0 Å². The monoisotopic (exact) mass is 247 g/mol. The fourth-order valence-electron chi connectivity index (χ4n) is 1.58. The average molecular weight is 247 g/mol. The summed E-state index contributed by atoms with van der Waals surface area (Å²) in [7, 11) is 0. The zero-order valence-corrected chi connectivity index (χ0v) is 10.4. The lowest BCUT2D eigenvalue weighted by molar-refractivity contribution is 0.242. The Morgan fingerprint density at radius 2 is 2.11 bits per heavy atom. The van der Waals surface area contributed by atoms with Crippen molar-refractivity contribution >= 4 is 0 Å². The third kappa shape index (κ3) is 3.30. The summed E-state index contributed by atoms with van der Waals surface area (Å²) >= 11 is 0. The smallest absolute Gasteiger partial charge is 0.264 e. The molecule has 5 heteroatoms. The minimum absolute atomic E-state index is 0.163. The number of hydrogen-bond acceptors (Lipinski definition) is 5. The first-order chi connectivity index (χ1) is 8.79. The zero-order valence-electron chi connectivity index (χ0n) is 10.4. The number of nitrogens with zero attached hydrogens (tertiary/aromatic N) is 2. The molecule has 5 nitrogen and oxygen atoms in total. The number of benzene rings is 1. The summed E-state index contributed by atoms with van der Waals surface area (Å²) in [6.07, 6.45) is 1.84. The van der Waals surface area contributed by atoms with Crippen LogP contribution in [0, 0.1) is 0 Å². The molecule has 1 atom stereocenters. The summed E-state index contributed by atoms with van der Waals surface area (Å²) in [6, 6.07) is 9.34. The van der Waals surface area contributed by atoms with Gasteiger partial charge < -0.3 is 15.0 Å². The second-order valence-electron chi connectivity index (χ2n) is 4.04. The molecule has 0 spiro atoms. The predicted molar refractivity (Wildman–Crippen MR) is 66.9 cm³/mol. The second-order valence-corrected chi connectivity index (χ2v) is 4.04. The molecule has 1 aromatic heterocycles. The summed E-state index contributed by atoms with van der Waals surface area (Å²) in [5, 5.41) is 3.86. The molecule has 1 unspecified atom stereocenters. The second kappa shape index (κ2) is 6.16. The summed E-state index contributed by atoms with van der Waals surface area (Å²) < 4.78 is 10.6. The van der Waals surface area contributed by atoms with E-state index in [-0.39, 0.29) is 12.6 Å². The van der Waals surface area contributed by atoms with Crippen molar-refractivity contribution in [1.29, 1.82) is 0 Å². The van der Waals surface area contributed by atoms with Gasteiger partial charge in [-0.3, -0.25) is 0 Å². The topological polar surface area (TPSA) is 74.2 Å². The van der Waals surface area contributed by atoms with E-state index >= 15 is 0 Å². The molecule has 0 radical (unpaired) electrons. The van der Waals surface area contributed by atoms with Crippen LogP contribution in [0.4, 0.5) is 0 Å². The van der Waals surface area contributed by atoms with Crippen LogP contribution in [0.2, 0.25) is 0 Å². The molecule has 0 bridgehead atoms. The minimum Gasteiger partial charge on any atom is -0.484 e. The van der Waals surface area contributed by atoms with Gasteiger partial charge in [-0.25, -0.2) is 0 Å². The third-order valence-electron chi connectivity index (χ3n) is 2.52. The molecular formula is C13H17N3O2. The molecule has 0 aliphatic heterocycles. The number of ether oxygens (including phenoxy) is 1. The van der Waals surface area contributed by atoms with Crippen molar-refractivity contribution in [3.05, 3.63) is 42.0 Å². The Morgan fingerprint density at radius 1 is 1.33 bits per heavy atom. The first-order valence-corrected chi connectivity index (χ1v) is 6.05. The van der Waals surface area contributed by atoms with Gasteiger partial charge in [0, 0.05) is 0 Å². The number of nitrogens with two attached hydrogens (primary N) is 1. The molecule has 0 saturated carbocycles. The number of para-hydroxylation sites is 1.